The van der Waals surface area contributed by atoms with Gasteiger partial charge in [-0.05, 0) is 6.42 Å². The Morgan fingerprint density at radius 1 is 1.36 bits per heavy atom. The second-order valence-electron chi connectivity index (χ2n) is 2.24. The molecule has 0 radical (unpaired) electrons. The van der Waals surface area contributed by atoms with Crippen LogP contribution in [0.1, 0.15) is 32.6 Å². The van der Waals surface area contributed by atoms with Crippen molar-refractivity contribution in [3.63, 3.8) is 0 Å². The standard InChI is InChI=1S/C7H13FO3/c1-2-3-4-5-6-10-7(9)11-8/h2-6H2,1H3. The van der Waals surface area contributed by atoms with Crippen LogP contribution in [0.15, 0.2) is 0 Å². The van der Waals surface area contributed by atoms with Crippen LogP contribution in [0.2, 0.25) is 0 Å². The van der Waals surface area contributed by atoms with Crippen molar-refractivity contribution >= 4 is 6.16 Å². The minimum Gasteiger partial charge on any atom is -0.432 e. The van der Waals surface area contributed by atoms with Crippen molar-refractivity contribution in [3.05, 3.63) is 0 Å². The molecule has 0 saturated carbocycles. The molecule has 0 rings (SSSR count). The first-order valence-electron chi connectivity index (χ1n) is 3.76. The third-order valence-corrected chi connectivity index (χ3v) is 1.28. The molecule has 0 bridgehead atoms. The topological polar surface area (TPSA) is 35.5 Å². The number of rotatable bonds is 5. The van der Waals surface area contributed by atoms with Gasteiger partial charge in [0, 0.05) is 4.53 Å². The minimum atomic E-state index is -1.25. The first-order chi connectivity index (χ1) is 5.31. The molecule has 0 aromatic carbocycles. The van der Waals surface area contributed by atoms with E-state index in [0.717, 1.165) is 25.7 Å². The maximum atomic E-state index is 11.0. The Kier molecular flexibility index (Phi) is 6.78. The van der Waals surface area contributed by atoms with E-state index in [1.807, 2.05) is 0 Å². The van der Waals surface area contributed by atoms with E-state index in [1.54, 1.807) is 0 Å². The number of carbonyl (C=O) groups excluding carboxylic acids is 1. The van der Waals surface area contributed by atoms with Crippen LogP contribution in [-0.2, 0) is 9.68 Å². The van der Waals surface area contributed by atoms with Crippen LogP contribution in [0, 0.1) is 0 Å². The molecule has 4 heteroatoms. The van der Waals surface area contributed by atoms with Crippen LogP contribution in [0.25, 0.3) is 0 Å². The van der Waals surface area contributed by atoms with Crippen molar-refractivity contribution in [2.75, 3.05) is 6.61 Å². The van der Waals surface area contributed by atoms with E-state index in [-0.39, 0.29) is 6.61 Å². The summed E-state index contributed by atoms with van der Waals surface area (Å²) >= 11 is 0. The van der Waals surface area contributed by atoms with Crippen molar-refractivity contribution in [2.24, 2.45) is 0 Å². The van der Waals surface area contributed by atoms with Gasteiger partial charge in [-0.25, -0.2) is 9.74 Å². The molecule has 0 fully saturated rings. The molecule has 0 atom stereocenters. The van der Waals surface area contributed by atoms with Crippen molar-refractivity contribution in [2.45, 2.75) is 32.6 Å². The lowest BCUT2D eigenvalue weighted by Crippen LogP contribution is -2.03. The van der Waals surface area contributed by atoms with Gasteiger partial charge in [-0.1, -0.05) is 26.2 Å². The van der Waals surface area contributed by atoms with Crippen LogP contribution in [0.5, 0.6) is 0 Å². The lowest BCUT2D eigenvalue weighted by atomic mass is 10.2. The van der Waals surface area contributed by atoms with E-state index in [1.165, 1.54) is 0 Å². The zero-order valence-corrected chi connectivity index (χ0v) is 6.64. The molecule has 0 N–H and O–H groups in total. The summed E-state index contributed by atoms with van der Waals surface area (Å²) in [4.78, 5) is 12.8. The molecule has 0 aliphatic heterocycles. The van der Waals surface area contributed by atoms with Crippen LogP contribution >= 0.6 is 0 Å². The van der Waals surface area contributed by atoms with Gasteiger partial charge in [-0.15, -0.1) is 0 Å². The molecule has 0 amide bonds. The summed E-state index contributed by atoms with van der Waals surface area (Å²) in [6.45, 7) is 2.32. The minimum absolute atomic E-state index is 0.239. The summed E-state index contributed by atoms with van der Waals surface area (Å²) in [6, 6.07) is 0. The fourth-order valence-corrected chi connectivity index (χ4v) is 0.707. The second-order valence-corrected chi connectivity index (χ2v) is 2.24. The summed E-state index contributed by atoms with van der Waals surface area (Å²) in [6.07, 6.45) is 2.74. The molecule has 3 nitrogen and oxygen atoms in total. The third-order valence-electron chi connectivity index (χ3n) is 1.28. The fourth-order valence-electron chi connectivity index (χ4n) is 0.707. The summed E-state index contributed by atoms with van der Waals surface area (Å²) in [5.41, 5.74) is 0. The van der Waals surface area contributed by atoms with Gasteiger partial charge < -0.3 is 4.74 Å². The van der Waals surface area contributed by atoms with E-state index in [4.69, 9.17) is 0 Å². The summed E-state index contributed by atoms with van der Waals surface area (Å²) in [5, 5.41) is 0. The Morgan fingerprint density at radius 3 is 2.64 bits per heavy atom. The smallest absolute Gasteiger partial charge is 0.432 e. The van der Waals surface area contributed by atoms with Crippen LogP contribution in [-0.4, -0.2) is 12.8 Å². The van der Waals surface area contributed by atoms with Crippen LogP contribution in [0.3, 0.4) is 0 Å². The highest BCUT2D eigenvalue weighted by Gasteiger charge is 2.01. The molecular weight excluding hydrogens is 151 g/mol. The van der Waals surface area contributed by atoms with E-state index < -0.39 is 6.16 Å². The summed E-state index contributed by atoms with van der Waals surface area (Å²) in [7, 11) is 0. The largest absolute Gasteiger partial charge is 0.544 e. The van der Waals surface area contributed by atoms with Gasteiger partial charge in [-0.2, -0.15) is 0 Å². The van der Waals surface area contributed by atoms with Gasteiger partial charge in [0.25, 0.3) is 0 Å². The van der Waals surface area contributed by atoms with Gasteiger partial charge in [0.2, 0.25) is 0 Å². The molecule has 0 aliphatic carbocycles. The Bertz CT molecular complexity index is 106. The van der Waals surface area contributed by atoms with Gasteiger partial charge >= 0.3 is 6.16 Å². The number of carbonyl (C=O) groups is 1. The maximum absolute atomic E-state index is 11.0. The Balaban J connectivity index is 2.95. The summed E-state index contributed by atoms with van der Waals surface area (Å²) < 4.78 is 15.3. The summed E-state index contributed by atoms with van der Waals surface area (Å²) in [5.74, 6) is 0. The first-order valence-corrected chi connectivity index (χ1v) is 3.76. The van der Waals surface area contributed by atoms with Gasteiger partial charge in [-0.3, -0.25) is 0 Å². The van der Waals surface area contributed by atoms with Crippen molar-refractivity contribution in [1.29, 1.82) is 0 Å². The van der Waals surface area contributed by atoms with Gasteiger partial charge in [0.05, 0.1) is 6.61 Å². The molecule has 0 spiro atoms. The molecular formula is C7H13FO3. The molecule has 0 aromatic rings. The zero-order chi connectivity index (χ0) is 8.53. The molecule has 0 aromatic heterocycles. The van der Waals surface area contributed by atoms with Gasteiger partial charge in [0.1, 0.15) is 0 Å². The van der Waals surface area contributed by atoms with E-state index in [0.29, 0.717) is 0 Å². The fraction of sp³-hybridized carbons (Fsp3) is 0.857. The van der Waals surface area contributed by atoms with Crippen molar-refractivity contribution in [3.8, 4) is 0 Å². The Morgan fingerprint density at radius 2 is 2.09 bits per heavy atom. The predicted molar refractivity (Wildman–Crippen MR) is 37.7 cm³/mol. The number of unbranched alkanes of at least 4 members (excludes halogenated alkanes) is 3. The number of halogens is 1. The second kappa shape index (κ2) is 7.31. The molecule has 0 saturated heterocycles. The van der Waals surface area contributed by atoms with Crippen molar-refractivity contribution in [1.82, 2.24) is 0 Å². The quantitative estimate of drug-likeness (QED) is 0.462. The highest BCUT2D eigenvalue weighted by molar-refractivity contribution is 5.58. The SMILES string of the molecule is CCCCCCOC(=O)OF. The van der Waals surface area contributed by atoms with Crippen molar-refractivity contribution < 1.29 is 19.0 Å². The van der Waals surface area contributed by atoms with Crippen LogP contribution in [0.4, 0.5) is 9.32 Å². The first kappa shape index (κ1) is 10.2. The normalized spacial score (nSPS) is 9.27. The molecule has 0 heterocycles. The zero-order valence-electron chi connectivity index (χ0n) is 6.64. The highest BCUT2D eigenvalue weighted by Crippen LogP contribution is 1.99. The maximum Gasteiger partial charge on any atom is 0.544 e. The van der Waals surface area contributed by atoms with Crippen LogP contribution < -0.4 is 0 Å². The lowest BCUT2D eigenvalue weighted by molar-refractivity contribution is -0.101. The molecule has 66 valence electrons. The Hall–Kier alpha value is -0.800. The number of hydrogen-bond donors (Lipinski definition) is 0. The van der Waals surface area contributed by atoms with E-state index >= 15 is 0 Å². The van der Waals surface area contributed by atoms with E-state index in [2.05, 4.69) is 16.6 Å². The van der Waals surface area contributed by atoms with E-state index in [9.17, 15) is 9.32 Å². The van der Waals surface area contributed by atoms with Gasteiger partial charge in [0.15, 0.2) is 0 Å². The number of hydrogen-bond acceptors (Lipinski definition) is 3. The average molecular weight is 164 g/mol. The molecule has 0 unspecified atom stereocenters. The monoisotopic (exact) mass is 164 g/mol. The molecule has 0 aliphatic rings. The average Bonchev–Trinajstić information content (AvgIpc) is 2.04. The third kappa shape index (κ3) is 7.09. The molecule has 11 heavy (non-hydrogen) atoms. The Labute approximate surface area is 65.4 Å². The lowest BCUT2D eigenvalue weighted by Gasteiger charge is -1.98. The number of ether oxygens (including phenoxy) is 1. The highest BCUT2D eigenvalue weighted by atomic mass is 19.3. The predicted octanol–water partition coefficient (Wildman–Crippen LogP) is 2.60.